The van der Waals surface area contributed by atoms with Crippen LogP contribution >= 0.6 is 11.8 Å². The monoisotopic (exact) mass is 285 g/mol. The van der Waals surface area contributed by atoms with Crippen molar-refractivity contribution in [3.8, 4) is 0 Å². The Hall–Kier alpha value is 0.270. The lowest BCUT2D eigenvalue weighted by Gasteiger charge is -2.41. The third kappa shape index (κ3) is 4.12. The van der Waals surface area contributed by atoms with E-state index in [4.69, 9.17) is 4.74 Å². The fourth-order valence-electron chi connectivity index (χ4n) is 3.45. The van der Waals surface area contributed by atoms with Gasteiger partial charge in [0.1, 0.15) is 0 Å². The molecule has 4 unspecified atom stereocenters. The van der Waals surface area contributed by atoms with Gasteiger partial charge in [-0.1, -0.05) is 27.7 Å². The van der Waals surface area contributed by atoms with Gasteiger partial charge >= 0.3 is 0 Å². The quantitative estimate of drug-likeness (QED) is 0.834. The molecule has 0 saturated carbocycles. The predicted molar refractivity (Wildman–Crippen MR) is 84.8 cm³/mol. The number of ether oxygens (including phenoxy) is 1. The van der Waals surface area contributed by atoms with Crippen molar-refractivity contribution in [1.29, 1.82) is 0 Å². The molecule has 2 fully saturated rings. The molecule has 0 amide bonds. The lowest BCUT2D eigenvalue weighted by molar-refractivity contribution is -0.0914. The minimum Gasteiger partial charge on any atom is -0.374 e. The molecule has 0 bridgehead atoms. The van der Waals surface area contributed by atoms with Crippen molar-refractivity contribution in [1.82, 2.24) is 5.32 Å². The van der Waals surface area contributed by atoms with Crippen molar-refractivity contribution in [2.75, 3.05) is 24.7 Å². The zero-order chi connectivity index (χ0) is 13.9. The van der Waals surface area contributed by atoms with Crippen molar-refractivity contribution in [3.05, 3.63) is 0 Å². The standard InChI is InChI=1S/C16H31NOS/c1-12(2)17-10-13(3)14(4)15-5-7-18-16(9-15)6-8-19-11-16/h12-15,17H,5-11H2,1-4H3. The number of nitrogens with one attached hydrogen (secondary N) is 1. The fraction of sp³-hybridized carbons (Fsp3) is 1.00. The van der Waals surface area contributed by atoms with E-state index in [-0.39, 0.29) is 5.60 Å². The molecule has 4 atom stereocenters. The second-order valence-electron chi connectivity index (χ2n) is 6.99. The highest BCUT2D eigenvalue weighted by Gasteiger charge is 2.42. The molecule has 2 nitrogen and oxygen atoms in total. The summed E-state index contributed by atoms with van der Waals surface area (Å²) in [4.78, 5) is 0. The molecule has 2 saturated heterocycles. The first-order chi connectivity index (χ1) is 9.02. The summed E-state index contributed by atoms with van der Waals surface area (Å²) in [7, 11) is 0. The van der Waals surface area contributed by atoms with Gasteiger partial charge in [-0.3, -0.25) is 0 Å². The van der Waals surface area contributed by atoms with Crippen LogP contribution in [0.25, 0.3) is 0 Å². The van der Waals surface area contributed by atoms with Crippen LogP contribution in [0, 0.1) is 17.8 Å². The Labute approximate surface area is 123 Å². The van der Waals surface area contributed by atoms with E-state index in [1.54, 1.807) is 0 Å². The summed E-state index contributed by atoms with van der Waals surface area (Å²) in [5, 5.41) is 3.59. The Morgan fingerprint density at radius 2 is 2.11 bits per heavy atom. The van der Waals surface area contributed by atoms with Crippen LogP contribution in [0.3, 0.4) is 0 Å². The first kappa shape index (κ1) is 15.7. The van der Waals surface area contributed by atoms with Crippen LogP contribution in [0.1, 0.15) is 47.0 Å². The molecule has 3 heteroatoms. The zero-order valence-electron chi connectivity index (χ0n) is 13.1. The molecule has 2 rings (SSSR count). The highest BCUT2D eigenvalue weighted by Crippen LogP contribution is 2.43. The average Bonchev–Trinajstić information content (AvgIpc) is 2.83. The first-order valence-electron chi connectivity index (χ1n) is 7.97. The lowest BCUT2D eigenvalue weighted by Crippen LogP contribution is -2.43. The molecule has 0 aromatic heterocycles. The van der Waals surface area contributed by atoms with E-state index in [0.29, 0.717) is 6.04 Å². The van der Waals surface area contributed by atoms with Gasteiger partial charge in [-0.15, -0.1) is 0 Å². The van der Waals surface area contributed by atoms with E-state index < -0.39 is 0 Å². The average molecular weight is 285 g/mol. The topological polar surface area (TPSA) is 21.3 Å². The molecule has 1 spiro atoms. The van der Waals surface area contributed by atoms with Crippen molar-refractivity contribution >= 4 is 11.8 Å². The van der Waals surface area contributed by atoms with Gasteiger partial charge in [0.2, 0.25) is 0 Å². The predicted octanol–water partition coefficient (Wildman–Crippen LogP) is 3.56. The summed E-state index contributed by atoms with van der Waals surface area (Å²) in [6.45, 7) is 11.5. The summed E-state index contributed by atoms with van der Waals surface area (Å²) >= 11 is 2.08. The van der Waals surface area contributed by atoms with Gasteiger partial charge in [0, 0.05) is 18.4 Å². The number of rotatable bonds is 5. The maximum atomic E-state index is 6.15. The van der Waals surface area contributed by atoms with Crippen LogP contribution in [-0.2, 0) is 4.74 Å². The van der Waals surface area contributed by atoms with Gasteiger partial charge in [-0.2, -0.15) is 11.8 Å². The molecule has 0 aromatic carbocycles. The summed E-state index contributed by atoms with van der Waals surface area (Å²) < 4.78 is 6.15. The molecule has 0 aromatic rings. The Kier molecular flexibility index (Phi) is 5.62. The van der Waals surface area contributed by atoms with E-state index in [1.807, 2.05) is 0 Å². The smallest absolute Gasteiger partial charge is 0.0783 e. The van der Waals surface area contributed by atoms with Crippen molar-refractivity contribution in [3.63, 3.8) is 0 Å². The molecule has 19 heavy (non-hydrogen) atoms. The highest BCUT2D eigenvalue weighted by atomic mass is 32.2. The third-order valence-corrected chi connectivity index (χ3v) is 6.31. The summed E-state index contributed by atoms with van der Waals surface area (Å²) in [5.74, 6) is 4.95. The molecule has 112 valence electrons. The summed E-state index contributed by atoms with van der Waals surface area (Å²) in [6, 6.07) is 0.599. The van der Waals surface area contributed by atoms with Crippen LogP contribution in [0.2, 0.25) is 0 Å². The van der Waals surface area contributed by atoms with Gasteiger partial charge < -0.3 is 10.1 Å². The summed E-state index contributed by atoms with van der Waals surface area (Å²) in [6.07, 6.45) is 3.84. The van der Waals surface area contributed by atoms with E-state index in [2.05, 4.69) is 44.8 Å². The number of hydrogen-bond acceptors (Lipinski definition) is 3. The SMILES string of the molecule is CC(C)NCC(C)C(C)C1CCOC2(CCSC2)C1. The van der Waals surface area contributed by atoms with Gasteiger partial charge in [0.15, 0.2) is 0 Å². The van der Waals surface area contributed by atoms with Gasteiger partial charge in [0.05, 0.1) is 5.60 Å². The summed E-state index contributed by atoms with van der Waals surface area (Å²) in [5.41, 5.74) is 0.243. The Morgan fingerprint density at radius 3 is 2.74 bits per heavy atom. The van der Waals surface area contributed by atoms with Crippen LogP contribution in [0.4, 0.5) is 0 Å². The molecular formula is C16H31NOS. The molecule has 0 aliphatic carbocycles. The second-order valence-corrected chi connectivity index (χ2v) is 8.09. The van der Waals surface area contributed by atoms with Gasteiger partial charge in [-0.05, 0) is 49.3 Å². The molecule has 0 radical (unpaired) electrons. The van der Waals surface area contributed by atoms with Crippen molar-refractivity contribution < 1.29 is 4.74 Å². The van der Waals surface area contributed by atoms with E-state index in [0.717, 1.165) is 30.9 Å². The lowest BCUT2D eigenvalue weighted by atomic mass is 9.74. The van der Waals surface area contributed by atoms with E-state index in [1.165, 1.54) is 30.8 Å². The Balaban J connectivity index is 1.85. The van der Waals surface area contributed by atoms with Crippen LogP contribution in [0.5, 0.6) is 0 Å². The number of hydrogen-bond donors (Lipinski definition) is 1. The minimum atomic E-state index is 0.243. The molecular weight excluding hydrogens is 254 g/mol. The maximum absolute atomic E-state index is 6.15. The molecule has 2 heterocycles. The van der Waals surface area contributed by atoms with Crippen LogP contribution in [0.15, 0.2) is 0 Å². The Morgan fingerprint density at radius 1 is 1.32 bits per heavy atom. The van der Waals surface area contributed by atoms with Crippen LogP contribution in [-0.4, -0.2) is 36.3 Å². The third-order valence-electron chi connectivity index (χ3n) is 5.09. The first-order valence-corrected chi connectivity index (χ1v) is 9.13. The van der Waals surface area contributed by atoms with Gasteiger partial charge in [0.25, 0.3) is 0 Å². The molecule has 2 aliphatic rings. The van der Waals surface area contributed by atoms with E-state index >= 15 is 0 Å². The molecule has 1 N–H and O–H groups in total. The normalized spacial score (nSPS) is 34.9. The highest BCUT2D eigenvalue weighted by molar-refractivity contribution is 7.99. The van der Waals surface area contributed by atoms with Crippen molar-refractivity contribution in [2.45, 2.75) is 58.6 Å². The second kappa shape index (κ2) is 6.82. The van der Waals surface area contributed by atoms with E-state index in [9.17, 15) is 0 Å². The van der Waals surface area contributed by atoms with Gasteiger partial charge in [-0.25, -0.2) is 0 Å². The minimum absolute atomic E-state index is 0.243. The number of thioether (sulfide) groups is 1. The largest absolute Gasteiger partial charge is 0.374 e. The Bertz CT molecular complexity index is 276. The fourth-order valence-corrected chi connectivity index (χ4v) is 4.83. The maximum Gasteiger partial charge on any atom is 0.0783 e. The zero-order valence-corrected chi connectivity index (χ0v) is 13.9. The molecule has 2 aliphatic heterocycles. The van der Waals surface area contributed by atoms with Crippen molar-refractivity contribution in [2.24, 2.45) is 17.8 Å². The van der Waals surface area contributed by atoms with Crippen LogP contribution < -0.4 is 5.32 Å².